The summed E-state index contributed by atoms with van der Waals surface area (Å²) in [4.78, 5) is 23.5. The zero-order valence-corrected chi connectivity index (χ0v) is 16.6. The topological polar surface area (TPSA) is 78.4 Å². The van der Waals surface area contributed by atoms with Gasteiger partial charge in [-0.3, -0.25) is 14.9 Å². The van der Waals surface area contributed by atoms with Crippen LogP contribution >= 0.6 is 12.4 Å². The van der Waals surface area contributed by atoms with E-state index in [0.717, 1.165) is 23.2 Å². The fraction of sp³-hybridized carbons (Fsp3) is 0.579. The number of amides is 1. The van der Waals surface area contributed by atoms with Crippen molar-refractivity contribution in [3.63, 3.8) is 0 Å². The summed E-state index contributed by atoms with van der Waals surface area (Å²) in [6, 6.07) is 5.37. The number of para-hydroxylation sites is 1. The normalized spacial score (nSPS) is 12.0. The van der Waals surface area contributed by atoms with Gasteiger partial charge in [0.25, 0.3) is 0 Å². The van der Waals surface area contributed by atoms with Crippen LogP contribution in [-0.4, -0.2) is 29.6 Å². The van der Waals surface area contributed by atoms with Gasteiger partial charge in [0.05, 0.1) is 6.54 Å². The molecule has 0 saturated heterocycles. The second-order valence-electron chi connectivity index (χ2n) is 6.73. The van der Waals surface area contributed by atoms with Crippen LogP contribution in [0.2, 0.25) is 0 Å². The smallest absolute Gasteiger partial charge is 0.320 e. The van der Waals surface area contributed by atoms with Gasteiger partial charge >= 0.3 is 5.97 Å². The Morgan fingerprint density at radius 2 is 1.60 bits per heavy atom. The molecule has 6 heteroatoms. The molecule has 1 aromatic carbocycles. The van der Waals surface area contributed by atoms with E-state index >= 15 is 0 Å². The molecule has 25 heavy (non-hydrogen) atoms. The molecule has 0 aliphatic heterocycles. The number of hydrogen-bond donors (Lipinski definition) is 3. The quantitative estimate of drug-likeness (QED) is 0.610. The van der Waals surface area contributed by atoms with Crippen LogP contribution in [0.3, 0.4) is 0 Å². The van der Waals surface area contributed by atoms with E-state index in [9.17, 15) is 9.59 Å². The van der Waals surface area contributed by atoms with Crippen LogP contribution in [0.5, 0.6) is 0 Å². The summed E-state index contributed by atoms with van der Waals surface area (Å²) in [6.07, 6.45) is 1.25. The molecule has 1 aromatic rings. The van der Waals surface area contributed by atoms with Gasteiger partial charge in [0.15, 0.2) is 0 Å². The standard InChI is InChI=1S/C19H30N2O3.ClH/c1-6-8-16(19(23)24)20-11-17(22)21-18-14(12(2)3)9-7-10-15(18)13(4)5;/h7,9-10,12-13,16,20H,6,8,11H2,1-5H3,(H,21,22)(H,23,24);1H. The number of carboxylic acid groups (broad SMARTS) is 1. The minimum absolute atomic E-state index is 0. The van der Waals surface area contributed by atoms with E-state index in [1.807, 2.05) is 25.1 Å². The third-order valence-electron chi connectivity index (χ3n) is 4.02. The van der Waals surface area contributed by atoms with Crippen molar-refractivity contribution in [2.24, 2.45) is 0 Å². The third kappa shape index (κ3) is 7.04. The van der Waals surface area contributed by atoms with Crippen molar-refractivity contribution in [3.05, 3.63) is 29.3 Å². The van der Waals surface area contributed by atoms with Gasteiger partial charge in [-0.2, -0.15) is 0 Å². The second-order valence-corrected chi connectivity index (χ2v) is 6.73. The Hall–Kier alpha value is -1.59. The van der Waals surface area contributed by atoms with E-state index in [-0.39, 0.29) is 24.9 Å². The van der Waals surface area contributed by atoms with Crippen molar-refractivity contribution < 1.29 is 14.7 Å². The number of anilines is 1. The third-order valence-corrected chi connectivity index (χ3v) is 4.02. The summed E-state index contributed by atoms with van der Waals surface area (Å²) in [7, 11) is 0. The molecule has 5 nitrogen and oxygen atoms in total. The van der Waals surface area contributed by atoms with Gasteiger partial charge in [0.2, 0.25) is 5.91 Å². The fourth-order valence-electron chi connectivity index (χ4n) is 2.70. The molecule has 3 N–H and O–H groups in total. The average molecular weight is 371 g/mol. The van der Waals surface area contributed by atoms with Crippen molar-refractivity contribution in [2.75, 3.05) is 11.9 Å². The first-order valence-electron chi connectivity index (χ1n) is 8.66. The summed E-state index contributed by atoms with van der Waals surface area (Å²) in [5.41, 5.74) is 3.05. The van der Waals surface area contributed by atoms with E-state index in [1.165, 1.54) is 0 Å². The van der Waals surface area contributed by atoms with Crippen LogP contribution in [0.15, 0.2) is 18.2 Å². The van der Waals surface area contributed by atoms with Crippen LogP contribution in [0, 0.1) is 0 Å². The number of carbonyl (C=O) groups is 2. The lowest BCUT2D eigenvalue weighted by molar-refractivity contribution is -0.139. The molecule has 0 fully saturated rings. The van der Waals surface area contributed by atoms with Crippen molar-refractivity contribution in [1.82, 2.24) is 5.32 Å². The van der Waals surface area contributed by atoms with Crippen molar-refractivity contribution in [1.29, 1.82) is 0 Å². The largest absolute Gasteiger partial charge is 0.480 e. The Morgan fingerprint density at radius 3 is 2.00 bits per heavy atom. The first-order valence-corrected chi connectivity index (χ1v) is 8.66. The van der Waals surface area contributed by atoms with Crippen molar-refractivity contribution in [3.8, 4) is 0 Å². The maximum atomic E-state index is 12.3. The molecule has 0 bridgehead atoms. The Balaban J connectivity index is 0.00000576. The lowest BCUT2D eigenvalue weighted by atomic mass is 9.92. The minimum Gasteiger partial charge on any atom is -0.480 e. The molecule has 0 aliphatic carbocycles. The molecule has 1 rings (SSSR count). The van der Waals surface area contributed by atoms with Crippen molar-refractivity contribution >= 4 is 30.0 Å². The number of rotatable bonds is 9. The van der Waals surface area contributed by atoms with Crippen LogP contribution in [0.25, 0.3) is 0 Å². The number of aliphatic carboxylic acids is 1. The Morgan fingerprint density at radius 1 is 1.08 bits per heavy atom. The highest BCUT2D eigenvalue weighted by molar-refractivity contribution is 5.94. The van der Waals surface area contributed by atoms with E-state index in [1.54, 1.807) is 0 Å². The second kappa shape index (κ2) is 11.1. The Labute approximate surface area is 157 Å². The molecular formula is C19H31ClN2O3. The molecule has 0 radical (unpaired) electrons. The van der Waals surface area contributed by atoms with E-state index in [0.29, 0.717) is 18.3 Å². The highest BCUT2D eigenvalue weighted by Crippen LogP contribution is 2.32. The van der Waals surface area contributed by atoms with Gasteiger partial charge in [0, 0.05) is 5.69 Å². The molecule has 1 amide bonds. The molecule has 142 valence electrons. The van der Waals surface area contributed by atoms with E-state index < -0.39 is 12.0 Å². The number of nitrogens with one attached hydrogen (secondary N) is 2. The lowest BCUT2D eigenvalue weighted by Gasteiger charge is -2.21. The first kappa shape index (κ1) is 23.4. The summed E-state index contributed by atoms with van der Waals surface area (Å²) < 4.78 is 0. The van der Waals surface area contributed by atoms with Crippen LogP contribution < -0.4 is 10.6 Å². The average Bonchev–Trinajstić information content (AvgIpc) is 2.50. The number of halogens is 1. The Kier molecular flexibility index (Phi) is 10.4. The predicted molar refractivity (Wildman–Crippen MR) is 105 cm³/mol. The molecule has 0 spiro atoms. The maximum absolute atomic E-state index is 12.3. The van der Waals surface area contributed by atoms with Crippen LogP contribution in [0.1, 0.15) is 70.4 Å². The number of hydrogen-bond acceptors (Lipinski definition) is 3. The minimum atomic E-state index is -0.921. The maximum Gasteiger partial charge on any atom is 0.320 e. The summed E-state index contributed by atoms with van der Waals surface area (Å²) in [5, 5.41) is 15.0. The number of carbonyl (C=O) groups excluding carboxylic acids is 1. The van der Waals surface area contributed by atoms with Crippen LogP contribution in [0.4, 0.5) is 5.69 Å². The molecular weight excluding hydrogens is 340 g/mol. The van der Waals surface area contributed by atoms with Gasteiger partial charge in [-0.05, 0) is 29.4 Å². The predicted octanol–water partition coefficient (Wildman–Crippen LogP) is 4.14. The summed E-state index contributed by atoms with van der Waals surface area (Å²) in [5.74, 6) is -0.555. The molecule has 0 aliphatic rings. The summed E-state index contributed by atoms with van der Waals surface area (Å²) in [6.45, 7) is 10.3. The molecule has 1 atom stereocenters. The van der Waals surface area contributed by atoms with Crippen LogP contribution in [-0.2, 0) is 9.59 Å². The molecule has 0 saturated carbocycles. The van der Waals surface area contributed by atoms with Gasteiger partial charge in [-0.25, -0.2) is 0 Å². The zero-order valence-electron chi connectivity index (χ0n) is 15.8. The molecule has 0 aromatic heterocycles. The fourth-order valence-corrected chi connectivity index (χ4v) is 2.70. The van der Waals surface area contributed by atoms with Crippen molar-refractivity contribution in [2.45, 2.75) is 65.3 Å². The highest BCUT2D eigenvalue weighted by atomic mass is 35.5. The first-order chi connectivity index (χ1) is 11.3. The SMILES string of the molecule is CCCC(NCC(=O)Nc1c(C(C)C)cccc1C(C)C)C(=O)O.Cl. The molecule has 0 heterocycles. The van der Waals surface area contributed by atoms with E-state index in [4.69, 9.17) is 5.11 Å². The number of carboxylic acids is 1. The van der Waals surface area contributed by atoms with Gasteiger partial charge in [0.1, 0.15) is 6.04 Å². The van der Waals surface area contributed by atoms with Gasteiger partial charge < -0.3 is 10.4 Å². The van der Waals surface area contributed by atoms with E-state index in [2.05, 4.69) is 38.3 Å². The highest BCUT2D eigenvalue weighted by Gasteiger charge is 2.19. The zero-order chi connectivity index (χ0) is 18.3. The summed E-state index contributed by atoms with van der Waals surface area (Å²) >= 11 is 0. The molecule has 1 unspecified atom stereocenters. The van der Waals surface area contributed by atoms with Gasteiger partial charge in [-0.1, -0.05) is 59.2 Å². The lowest BCUT2D eigenvalue weighted by Crippen LogP contribution is -2.41. The Bertz CT molecular complexity index is 548. The van der Waals surface area contributed by atoms with Gasteiger partial charge in [-0.15, -0.1) is 12.4 Å². The monoisotopic (exact) mass is 370 g/mol. The number of benzene rings is 1.